The second-order valence-corrected chi connectivity index (χ2v) is 8.47. The van der Waals surface area contributed by atoms with Crippen LogP contribution in [0.3, 0.4) is 0 Å². The number of aryl methyl sites for hydroxylation is 1. The molecule has 0 fully saturated rings. The third-order valence-electron chi connectivity index (χ3n) is 4.08. The van der Waals surface area contributed by atoms with Crippen molar-refractivity contribution in [2.45, 2.75) is 11.8 Å². The topological polar surface area (TPSA) is 118 Å². The Hall–Kier alpha value is -3.43. The number of hydrogen-bond acceptors (Lipinski definition) is 5. The fourth-order valence-electron chi connectivity index (χ4n) is 2.66. The summed E-state index contributed by atoms with van der Waals surface area (Å²) in [7, 11) is -4.12. The highest BCUT2D eigenvalue weighted by Crippen LogP contribution is 2.25. The molecule has 1 amide bonds. The third-order valence-corrected chi connectivity index (χ3v) is 5.79. The molecule has 0 bridgehead atoms. The highest BCUT2D eigenvalue weighted by atomic mass is 35.5. The van der Waals surface area contributed by atoms with Crippen LogP contribution in [0.5, 0.6) is 0 Å². The molecule has 0 aliphatic rings. The van der Waals surface area contributed by atoms with E-state index in [1.54, 1.807) is 18.2 Å². The molecular formula is C20H16ClN3O5S. The number of nitro benzene ring substituents is 1. The van der Waals surface area contributed by atoms with Gasteiger partial charge in [-0.3, -0.25) is 19.6 Å². The Morgan fingerprint density at radius 2 is 1.70 bits per heavy atom. The summed E-state index contributed by atoms with van der Waals surface area (Å²) in [5.41, 5.74) is 1.21. The predicted octanol–water partition coefficient (Wildman–Crippen LogP) is 4.61. The smallest absolute Gasteiger partial charge is 0.271 e. The van der Waals surface area contributed by atoms with Crippen LogP contribution in [0.1, 0.15) is 15.9 Å². The van der Waals surface area contributed by atoms with Crippen LogP contribution >= 0.6 is 11.6 Å². The van der Waals surface area contributed by atoms with E-state index < -0.39 is 20.9 Å². The van der Waals surface area contributed by atoms with E-state index in [0.29, 0.717) is 5.69 Å². The standard InChI is InChI=1S/C20H16ClN3O5S/c1-13-4-2-5-14(10-13)22-20(25)18-12-17(8-9-19(18)21)30(28,29)23-15-6-3-7-16(11-15)24(26)27/h2-12,23H,1H3,(H,22,25). The van der Waals surface area contributed by atoms with Crippen LogP contribution in [0, 0.1) is 17.0 Å². The molecule has 0 heterocycles. The zero-order chi connectivity index (χ0) is 21.9. The predicted molar refractivity (Wildman–Crippen MR) is 114 cm³/mol. The van der Waals surface area contributed by atoms with Crippen molar-refractivity contribution in [3.63, 3.8) is 0 Å². The van der Waals surface area contributed by atoms with Crippen molar-refractivity contribution in [2.75, 3.05) is 10.0 Å². The molecule has 3 aromatic carbocycles. The summed E-state index contributed by atoms with van der Waals surface area (Å²) in [4.78, 5) is 22.7. The van der Waals surface area contributed by atoms with Gasteiger partial charge in [-0.15, -0.1) is 0 Å². The molecule has 154 valence electrons. The molecule has 0 unspecified atom stereocenters. The van der Waals surface area contributed by atoms with Gasteiger partial charge in [-0.1, -0.05) is 29.8 Å². The highest BCUT2D eigenvalue weighted by molar-refractivity contribution is 7.92. The fraction of sp³-hybridized carbons (Fsp3) is 0.0500. The number of non-ortho nitro benzene ring substituents is 1. The monoisotopic (exact) mass is 445 g/mol. The molecule has 0 aliphatic carbocycles. The second-order valence-electron chi connectivity index (χ2n) is 6.38. The van der Waals surface area contributed by atoms with Gasteiger partial charge < -0.3 is 5.32 Å². The Labute approximate surface area is 177 Å². The van der Waals surface area contributed by atoms with Gasteiger partial charge in [-0.05, 0) is 48.9 Å². The van der Waals surface area contributed by atoms with Crippen LogP contribution in [0.2, 0.25) is 5.02 Å². The van der Waals surface area contributed by atoms with Gasteiger partial charge in [0.05, 0.1) is 26.1 Å². The van der Waals surface area contributed by atoms with E-state index >= 15 is 0 Å². The van der Waals surface area contributed by atoms with Crippen molar-refractivity contribution in [2.24, 2.45) is 0 Å². The lowest BCUT2D eigenvalue weighted by Gasteiger charge is -2.11. The number of benzene rings is 3. The SMILES string of the molecule is Cc1cccc(NC(=O)c2cc(S(=O)(=O)Nc3cccc([N+](=O)[O-])c3)ccc2Cl)c1. The number of nitro groups is 1. The fourth-order valence-corrected chi connectivity index (χ4v) is 3.94. The number of rotatable bonds is 6. The van der Waals surface area contributed by atoms with Crippen molar-refractivity contribution in [1.82, 2.24) is 0 Å². The van der Waals surface area contributed by atoms with E-state index in [0.717, 1.165) is 17.7 Å². The van der Waals surface area contributed by atoms with Crippen molar-refractivity contribution in [3.8, 4) is 0 Å². The Balaban J connectivity index is 1.88. The molecule has 0 aliphatic heterocycles. The Morgan fingerprint density at radius 3 is 2.40 bits per heavy atom. The normalized spacial score (nSPS) is 11.0. The Bertz CT molecular complexity index is 1240. The number of halogens is 1. The van der Waals surface area contributed by atoms with Crippen LogP contribution in [0.25, 0.3) is 0 Å². The summed E-state index contributed by atoms with van der Waals surface area (Å²) in [5, 5.41) is 13.6. The number of carbonyl (C=O) groups is 1. The largest absolute Gasteiger partial charge is 0.322 e. The molecule has 0 aromatic heterocycles. The number of anilines is 2. The van der Waals surface area contributed by atoms with Crippen LogP contribution < -0.4 is 10.0 Å². The van der Waals surface area contributed by atoms with Crippen LogP contribution in [0.4, 0.5) is 17.1 Å². The number of sulfonamides is 1. The lowest BCUT2D eigenvalue weighted by molar-refractivity contribution is -0.384. The minimum Gasteiger partial charge on any atom is -0.322 e. The maximum atomic E-state index is 12.7. The Morgan fingerprint density at radius 1 is 1.00 bits per heavy atom. The maximum Gasteiger partial charge on any atom is 0.271 e. The van der Waals surface area contributed by atoms with E-state index in [-0.39, 0.29) is 26.9 Å². The van der Waals surface area contributed by atoms with Crippen molar-refractivity contribution < 1.29 is 18.1 Å². The summed E-state index contributed by atoms with van der Waals surface area (Å²) < 4.78 is 27.7. The van der Waals surface area contributed by atoms with Gasteiger partial charge in [0.2, 0.25) is 0 Å². The minimum atomic E-state index is -4.12. The minimum absolute atomic E-state index is 0.0184. The summed E-state index contributed by atoms with van der Waals surface area (Å²) in [5.74, 6) is -0.571. The zero-order valence-electron chi connectivity index (χ0n) is 15.6. The Kier molecular flexibility index (Phi) is 6.04. The first-order valence-corrected chi connectivity index (χ1v) is 10.5. The number of nitrogens with one attached hydrogen (secondary N) is 2. The maximum absolute atomic E-state index is 12.7. The number of carbonyl (C=O) groups excluding carboxylic acids is 1. The van der Waals surface area contributed by atoms with E-state index in [1.165, 1.54) is 30.3 Å². The van der Waals surface area contributed by atoms with E-state index in [9.17, 15) is 23.3 Å². The van der Waals surface area contributed by atoms with Gasteiger partial charge in [-0.25, -0.2) is 8.42 Å². The molecule has 2 N–H and O–H groups in total. The van der Waals surface area contributed by atoms with Crippen molar-refractivity contribution >= 4 is 44.6 Å². The lowest BCUT2D eigenvalue weighted by atomic mass is 10.2. The van der Waals surface area contributed by atoms with Crippen LogP contribution in [-0.4, -0.2) is 19.2 Å². The average Bonchev–Trinajstić information content (AvgIpc) is 2.68. The first-order valence-electron chi connectivity index (χ1n) is 8.60. The van der Waals surface area contributed by atoms with Crippen LogP contribution in [-0.2, 0) is 10.0 Å². The molecule has 0 radical (unpaired) electrons. The molecule has 0 saturated heterocycles. The van der Waals surface area contributed by atoms with Crippen molar-refractivity contribution in [1.29, 1.82) is 0 Å². The summed E-state index contributed by atoms with van der Waals surface area (Å²) in [6.45, 7) is 1.87. The second kappa shape index (κ2) is 8.52. The van der Waals surface area contributed by atoms with Gasteiger partial charge in [0, 0.05) is 17.8 Å². The third kappa shape index (κ3) is 4.94. The number of amides is 1. The average molecular weight is 446 g/mol. The lowest BCUT2D eigenvalue weighted by Crippen LogP contribution is -2.16. The number of nitrogens with zero attached hydrogens (tertiary/aromatic N) is 1. The first kappa shape index (κ1) is 21.3. The number of hydrogen-bond donors (Lipinski definition) is 2. The molecule has 8 nitrogen and oxygen atoms in total. The first-order chi connectivity index (χ1) is 14.2. The molecule has 3 rings (SSSR count). The van der Waals surface area contributed by atoms with Gasteiger partial charge in [0.1, 0.15) is 0 Å². The van der Waals surface area contributed by atoms with Gasteiger partial charge in [0.25, 0.3) is 21.6 Å². The van der Waals surface area contributed by atoms with E-state index in [4.69, 9.17) is 11.6 Å². The van der Waals surface area contributed by atoms with Gasteiger partial charge in [-0.2, -0.15) is 0 Å². The van der Waals surface area contributed by atoms with E-state index in [2.05, 4.69) is 10.0 Å². The summed E-state index contributed by atoms with van der Waals surface area (Å²) >= 11 is 6.10. The van der Waals surface area contributed by atoms with Crippen LogP contribution in [0.15, 0.2) is 71.6 Å². The molecule has 3 aromatic rings. The quantitative estimate of drug-likeness (QED) is 0.424. The highest BCUT2D eigenvalue weighted by Gasteiger charge is 2.20. The van der Waals surface area contributed by atoms with Gasteiger partial charge >= 0.3 is 0 Å². The zero-order valence-corrected chi connectivity index (χ0v) is 17.2. The molecule has 30 heavy (non-hydrogen) atoms. The molecule has 10 heteroatoms. The summed E-state index contributed by atoms with van der Waals surface area (Å²) in [6.07, 6.45) is 0. The van der Waals surface area contributed by atoms with E-state index in [1.807, 2.05) is 13.0 Å². The van der Waals surface area contributed by atoms with Crippen molar-refractivity contribution in [3.05, 3.63) is 93.0 Å². The van der Waals surface area contributed by atoms with Gasteiger partial charge in [0.15, 0.2) is 0 Å². The molecule has 0 saturated carbocycles. The molecule has 0 spiro atoms. The molecular weight excluding hydrogens is 430 g/mol. The molecule has 0 atom stereocenters. The summed E-state index contributed by atoms with van der Waals surface area (Å²) in [6, 6.07) is 15.9.